The SMILES string of the molecule is CCCCCCCCCCCCC/C=C\[C@H](O)[C@H](COP(=O)(O)O)NC(=O)CCCCCCC. The molecule has 0 aliphatic carbocycles. The molecular weight excluding hydrogens is 453 g/mol. The molecule has 2 atom stereocenters. The first-order valence-electron chi connectivity index (χ1n) is 13.6. The highest BCUT2D eigenvalue weighted by Crippen LogP contribution is 2.35. The van der Waals surface area contributed by atoms with E-state index in [4.69, 9.17) is 9.79 Å². The van der Waals surface area contributed by atoms with Gasteiger partial charge in [-0.1, -0.05) is 116 Å². The van der Waals surface area contributed by atoms with Gasteiger partial charge in [0.05, 0.1) is 18.8 Å². The van der Waals surface area contributed by atoms with Crippen LogP contribution < -0.4 is 5.32 Å². The molecule has 0 bridgehead atoms. The Morgan fingerprint density at radius 2 is 1.29 bits per heavy atom. The molecule has 8 heteroatoms. The predicted molar refractivity (Wildman–Crippen MR) is 140 cm³/mol. The number of phosphoric acid groups is 1. The highest BCUT2D eigenvalue weighted by atomic mass is 31.2. The smallest absolute Gasteiger partial charge is 0.387 e. The summed E-state index contributed by atoms with van der Waals surface area (Å²) in [5, 5.41) is 13.1. The fourth-order valence-electron chi connectivity index (χ4n) is 3.87. The van der Waals surface area contributed by atoms with Crippen LogP contribution in [0.25, 0.3) is 0 Å². The molecule has 0 aliphatic heterocycles. The van der Waals surface area contributed by atoms with Gasteiger partial charge in [-0.3, -0.25) is 9.32 Å². The zero-order chi connectivity index (χ0) is 25.5. The number of phosphoric ester groups is 1. The minimum Gasteiger partial charge on any atom is -0.387 e. The number of unbranched alkanes of at least 4 members (excludes halogenated alkanes) is 15. The van der Waals surface area contributed by atoms with Gasteiger partial charge >= 0.3 is 7.82 Å². The fourth-order valence-corrected chi connectivity index (χ4v) is 4.22. The Bertz CT molecular complexity index is 551. The molecule has 0 heterocycles. The van der Waals surface area contributed by atoms with E-state index >= 15 is 0 Å². The lowest BCUT2D eigenvalue weighted by Gasteiger charge is -2.22. The van der Waals surface area contributed by atoms with E-state index in [0.29, 0.717) is 6.42 Å². The second-order valence-electron chi connectivity index (χ2n) is 9.37. The molecular formula is C26H52NO6P. The molecule has 0 spiro atoms. The number of hydrogen-bond donors (Lipinski definition) is 4. The van der Waals surface area contributed by atoms with Crippen LogP contribution in [0.5, 0.6) is 0 Å². The van der Waals surface area contributed by atoms with Crippen molar-refractivity contribution in [1.82, 2.24) is 5.32 Å². The van der Waals surface area contributed by atoms with Crippen LogP contribution in [0.15, 0.2) is 12.2 Å². The molecule has 34 heavy (non-hydrogen) atoms. The topological polar surface area (TPSA) is 116 Å². The molecule has 202 valence electrons. The summed E-state index contributed by atoms with van der Waals surface area (Å²) in [5.41, 5.74) is 0. The summed E-state index contributed by atoms with van der Waals surface area (Å²) in [5.74, 6) is -0.242. The van der Waals surface area contributed by atoms with E-state index in [1.165, 1.54) is 57.8 Å². The van der Waals surface area contributed by atoms with Crippen molar-refractivity contribution in [1.29, 1.82) is 0 Å². The molecule has 1 amide bonds. The Morgan fingerprint density at radius 1 is 0.824 bits per heavy atom. The van der Waals surface area contributed by atoms with Gasteiger partial charge in [0.1, 0.15) is 0 Å². The summed E-state index contributed by atoms with van der Waals surface area (Å²) in [7, 11) is -4.68. The third-order valence-electron chi connectivity index (χ3n) is 6.00. The predicted octanol–water partition coefficient (Wildman–Crippen LogP) is 6.56. The molecule has 0 rings (SSSR count). The lowest BCUT2D eigenvalue weighted by atomic mass is 10.0. The highest BCUT2D eigenvalue weighted by molar-refractivity contribution is 7.46. The average Bonchev–Trinajstić information content (AvgIpc) is 2.78. The second-order valence-corrected chi connectivity index (χ2v) is 10.6. The van der Waals surface area contributed by atoms with Gasteiger partial charge in [-0.2, -0.15) is 0 Å². The zero-order valence-electron chi connectivity index (χ0n) is 21.8. The third kappa shape index (κ3) is 23.0. The largest absolute Gasteiger partial charge is 0.469 e. The Hall–Kier alpha value is -0.720. The fraction of sp³-hybridized carbons (Fsp3) is 0.885. The highest BCUT2D eigenvalue weighted by Gasteiger charge is 2.24. The quantitative estimate of drug-likeness (QED) is 0.0671. The van der Waals surface area contributed by atoms with Crippen LogP contribution in [-0.2, 0) is 13.9 Å². The van der Waals surface area contributed by atoms with Crippen LogP contribution in [0, 0.1) is 0 Å². The van der Waals surface area contributed by atoms with E-state index in [-0.39, 0.29) is 5.91 Å². The molecule has 0 saturated heterocycles. The first-order chi connectivity index (χ1) is 16.3. The van der Waals surface area contributed by atoms with Crippen molar-refractivity contribution >= 4 is 13.7 Å². The number of allylic oxidation sites excluding steroid dienone is 1. The van der Waals surface area contributed by atoms with Gasteiger partial charge < -0.3 is 20.2 Å². The van der Waals surface area contributed by atoms with E-state index in [1.54, 1.807) is 6.08 Å². The van der Waals surface area contributed by atoms with Crippen molar-refractivity contribution in [2.75, 3.05) is 6.61 Å². The number of nitrogens with one attached hydrogen (secondary N) is 1. The van der Waals surface area contributed by atoms with Crippen molar-refractivity contribution in [2.45, 2.75) is 142 Å². The molecule has 0 saturated carbocycles. The molecule has 0 aromatic carbocycles. The van der Waals surface area contributed by atoms with Gasteiger partial charge in [-0.15, -0.1) is 0 Å². The summed E-state index contributed by atoms with van der Waals surface area (Å²) < 4.78 is 15.6. The molecule has 0 radical (unpaired) electrons. The molecule has 0 unspecified atom stereocenters. The Labute approximate surface area is 208 Å². The van der Waals surface area contributed by atoms with Crippen LogP contribution in [-0.4, -0.2) is 39.6 Å². The van der Waals surface area contributed by atoms with Gasteiger partial charge in [0.25, 0.3) is 0 Å². The minimum absolute atomic E-state index is 0.242. The maximum absolute atomic E-state index is 12.2. The minimum atomic E-state index is -4.68. The van der Waals surface area contributed by atoms with E-state index in [0.717, 1.165) is 51.4 Å². The van der Waals surface area contributed by atoms with E-state index < -0.39 is 26.6 Å². The van der Waals surface area contributed by atoms with Crippen LogP contribution in [0.4, 0.5) is 0 Å². The van der Waals surface area contributed by atoms with E-state index in [2.05, 4.69) is 23.7 Å². The Balaban J connectivity index is 4.16. The van der Waals surface area contributed by atoms with Crippen molar-refractivity contribution < 1.29 is 28.8 Å². The van der Waals surface area contributed by atoms with Gasteiger partial charge in [-0.05, 0) is 19.3 Å². The van der Waals surface area contributed by atoms with Crippen molar-refractivity contribution in [3.63, 3.8) is 0 Å². The van der Waals surface area contributed by atoms with Gasteiger partial charge in [0.2, 0.25) is 5.91 Å². The molecule has 0 aromatic rings. The van der Waals surface area contributed by atoms with Crippen LogP contribution >= 0.6 is 7.82 Å². The van der Waals surface area contributed by atoms with Crippen molar-refractivity contribution in [3.05, 3.63) is 12.2 Å². The van der Waals surface area contributed by atoms with Crippen LogP contribution in [0.2, 0.25) is 0 Å². The van der Waals surface area contributed by atoms with Crippen LogP contribution in [0.3, 0.4) is 0 Å². The van der Waals surface area contributed by atoms with Crippen LogP contribution in [0.1, 0.15) is 129 Å². The normalized spacial score (nSPS) is 13.9. The van der Waals surface area contributed by atoms with Gasteiger partial charge in [0, 0.05) is 6.42 Å². The second kappa shape index (κ2) is 22.7. The van der Waals surface area contributed by atoms with Gasteiger partial charge in [-0.25, -0.2) is 4.57 Å². The summed E-state index contributed by atoms with van der Waals surface area (Å²) >= 11 is 0. The summed E-state index contributed by atoms with van der Waals surface area (Å²) in [6.07, 6.45) is 22.7. The van der Waals surface area contributed by atoms with Gasteiger partial charge in [0.15, 0.2) is 0 Å². The van der Waals surface area contributed by atoms with Crippen molar-refractivity contribution in [3.8, 4) is 0 Å². The lowest BCUT2D eigenvalue weighted by Crippen LogP contribution is -2.45. The average molecular weight is 506 g/mol. The molecule has 0 aromatic heterocycles. The maximum atomic E-state index is 12.2. The standard InChI is InChI=1S/C26H52NO6P/c1-3-5-7-9-10-11-12-13-14-15-16-18-19-21-25(28)24(23-33-34(30,31)32)27-26(29)22-20-17-8-6-4-2/h19,21,24-25,28H,3-18,20,22-23H2,1-2H3,(H,27,29)(H2,30,31,32)/b21-19-/t24-,25-/m0/s1. The molecule has 0 aliphatic rings. The van der Waals surface area contributed by atoms with E-state index in [9.17, 15) is 14.5 Å². The summed E-state index contributed by atoms with van der Waals surface area (Å²) in [6, 6.07) is -0.899. The number of carbonyl (C=O) groups excluding carboxylic acids is 1. The monoisotopic (exact) mass is 505 g/mol. The summed E-state index contributed by atoms with van der Waals surface area (Å²) in [4.78, 5) is 30.2. The number of rotatable bonds is 24. The number of aliphatic hydroxyl groups excluding tert-OH is 1. The number of amides is 1. The van der Waals surface area contributed by atoms with E-state index in [1.807, 2.05) is 6.08 Å². The first kappa shape index (κ1) is 33.3. The first-order valence-corrected chi connectivity index (χ1v) is 15.2. The maximum Gasteiger partial charge on any atom is 0.469 e. The Kier molecular flexibility index (Phi) is 22.2. The summed E-state index contributed by atoms with van der Waals surface area (Å²) in [6.45, 7) is 3.92. The van der Waals surface area contributed by atoms with Crippen molar-refractivity contribution in [2.24, 2.45) is 0 Å². The third-order valence-corrected chi connectivity index (χ3v) is 6.48. The Morgan fingerprint density at radius 3 is 1.79 bits per heavy atom. The number of aliphatic hydroxyl groups is 1. The number of hydrogen-bond acceptors (Lipinski definition) is 4. The zero-order valence-corrected chi connectivity index (χ0v) is 22.7. The number of carbonyl (C=O) groups is 1. The molecule has 4 N–H and O–H groups in total. The molecule has 0 fully saturated rings. The molecule has 7 nitrogen and oxygen atoms in total. The lowest BCUT2D eigenvalue weighted by molar-refractivity contribution is -0.123.